The Balaban J connectivity index is 2.28. The molecular formula is C18H27N5O2. The maximum absolute atomic E-state index is 11.0. The second kappa shape index (κ2) is 8.11. The van der Waals surface area contributed by atoms with Crippen LogP contribution in [-0.2, 0) is 0 Å². The summed E-state index contributed by atoms with van der Waals surface area (Å²) in [5, 5.41) is 21.0. The fourth-order valence-electron chi connectivity index (χ4n) is 2.98. The Hall–Kier alpha value is -2.41. The van der Waals surface area contributed by atoms with Crippen LogP contribution < -0.4 is 16.0 Å². The summed E-state index contributed by atoms with van der Waals surface area (Å²) in [4.78, 5) is 15.4. The van der Waals surface area contributed by atoms with E-state index in [0.29, 0.717) is 11.5 Å². The molecule has 7 nitrogen and oxygen atoms in total. The van der Waals surface area contributed by atoms with Gasteiger partial charge in [-0.25, -0.2) is 4.99 Å². The molecule has 0 aliphatic carbocycles. The number of hydrogen-bond donors (Lipinski definition) is 3. The molecule has 7 heteroatoms. The predicted molar refractivity (Wildman–Crippen MR) is 102 cm³/mol. The molecule has 0 saturated heterocycles. The minimum absolute atomic E-state index is 0.117. The Bertz CT molecular complexity index is 699. The van der Waals surface area contributed by atoms with E-state index in [1.54, 1.807) is 19.1 Å². The summed E-state index contributed by atoms with van der Waals surface area (Å²) in [7, 11) is 0. The third-order valence-electron chi connectivity index (χ3n) is 4.20. The van der Waals surface area contributed by atoms with Crippen LogP contribution in [0.2, 0.25) is 0 Å². The summed E-state index contributed by atoms with van der Waals surface area (Å²) in [6.45, 7) is 8.86. The van der Waals surface area contributed by atoms with Gasteiger partial charge in [0.05, 0.1) is 4.92 Å². The van der Waals surface area contributed by atoms with E-state index < -0.39 is 5.66 Å². The van der Waals surface area contributed by atoms with E-state index in [0.717, 1.165) is 37.2 Å². The van der Waals surface area contributed by atoms with Gasteiger partial charge in [-0.1, -0.05) is 27.2 Å². The van der Waals surface area contributed by atoms with Gasteiger partial charge in [-0.05, 0) is 44.5 Å². The summed E-state index contributed by atoms with van der Waals surface area (Å²) < 4.78 is 0. The van der Waals surface area contributed by atoms with Crippen LogP contribution in [0.25, 0.3) is 0 Å². The van der Waals surface area contributed by atoms with E-state index in [1.165, 1.54) is 6.07 Å². The molecule has 136 valence electrons. The lowest BCUT2D eigenvalue weighted by Crippen LogP contribution is -2.48. The average molecular weight is 345 g/mol. The molecular weight excluding hydrogens is 318 g/mol. The zero-order valence-electron chi connectivity index (χ0n) is 15.3. The SMILES string of the molecule is CCCC1=CC(CC)(NCC)N=C(Nc2ccc([N+](=O)[O-])c(C)c2)N1. The average Bonchev–Trinajstić information content (AvgIpc) is 2.55. The van der Waals surface area contributed by atoms with Crippen molar-refractivity contribution in [2.24, 2.45) is 4.99 Å². The van der Waals surface area contributed by atoms with Crippen LogP contribution in [0.4, 0.5) is 11.4 Å². The van der Waals surface area contributed by atoms with Crippen molar-refractivity contribution >= 4 is 17.3 Å². The molecule has 1 aliphatic rings. The highest BCUT2D eigenvalue weighted by Gasteiger charge is 2.28. The molecule has 25 heavy (non-hydrogen) atoms. The molecule has 1 aliphatic heterocycles. The molecule has 1 heterocycles. The molecule has 0 bridgehead atoms. The first-order valence-electron chi connectivity index (χ1n) is 8.78. The van der Waals surface area contributed by atoms with E-state index in [4.69, 9.17) is 4.99 Å². The van der Waals surface area contributed by atoms with Gasteiger partial charge in [0, 0.05) is 23.0 Å². The van der Waals surface area contributed by atoms with Gasteiger partial charge in [-0.2, -0.15) is 0 Å². The van der Waals surface area contributed by atoms with Crippen molar-refractivity contribution in [2.75, 3.05) is 11.9 Å². The van der Waals surface area contributed by atoms with Gasteiger partial charge >= 0.3 is 0 Å². The lowest BCUT2D eigenvalue weighted by Gasteiger charge is -2.33. The maximum Gasteiger partial charge on any atom is 0.272 e. The fraction of sp³-hybridized carbons (Fsp3) is 0.500. The third kappa shape index (κ3) is 4.57. The van der Waals surface area contributed by atoms with Crippen LogP contribution in [0.3, 0.4) is 0 Å². The molecule has 0 amide bonds. The second-order valence-electron chi connectivity index (χ2n) is 6.20. The van der Waals surface area contributed by atoms with Gasteiger partial charge in [-0.15, -0.1) is 0 Å². The second-order valence-corrected chi connectivity index (χ2v) is 6.20. The lowest BCUT2D eigenvalue weighted by atomic mass is 10.0. The van der Waals surface area contributed by atoms with E-state index in [9.17, 15) is 10.1 Å². The van der Waals surface area contributed by atoms with Gasteiger partial charge in [-0.3, -0.25) is 15.4 Å². The molecule has 1 aromatic carbocycles. The maximum atomic E-state index is 11.0. The highest BCUT2D eigenvalue weighted by atomic mass is 16.6. The number of aliphatic imine (C=N–C) groups is 1. The summed E-state index contributed by atoms with van der Waals surface area (Å²) >= 11 is 0. The van der Waals surface area contributed by atoms with E-state index in [-0.39, 0.29) is 10.6 Å². The van der Waals surface area contributed by atoms with Crippen LogP contribution in [0.1, 0.15) is 45.6 Å². The number of nitrogens with zero attached hydrogens (tertiary/aromatic N) is 2. The Kier molecular flexibility index (Phi) is 6.14. The van der Waals surface area contributed by atoms with Gasteiger partial charge in [0.15, 0.2) is 0 Å². The van der Waals surface area contributed by atoms with E-state index >= 15 is 0 Å². The number of nitro benzene ring substituents is 1. The van der Waals surface area contributed by atoms with Crippen molar-refractivity contribution in [2.45, 2.75) is 52.6 Å². The van der Waals surface area contributed by atoms with Crippen LogP contribution in [-0.4, -0.2) is 23.1 Å². The van der Waals surface area contributed by atoms with Crippen molar-refractivity contribution in [1.82, 2.24) is 10.6 Å². The smallest absolute Gasteiger partial charge is 0.272 e. The Labute approximate surface area is 148 Å². The van der Waals surface area contributed by atoms with Crippen molar-refractivity contribution < 1.29 is 4.92 Å². The standard InChI is InChI=1S/C18H27N5O2/c1-5-8-15-12-18(6-2,19-7-3)22-17(21-15)20-14-9-10-16(23(24)25)13(4)11-14/h9-12,19H,5-8H2,1-4H3,(H2,20,21,22). The van der Waals surface area contributed by atoms with Gasteiger partial charge < -0.3 is 10.6 Å². The van der Waals surface area contributed by atoms with Crippen LogP contribution in [0.5, 0.6) is 0 Å². The van der Waals surface area contributed by atoms with Crippen LogP contribution in [0, 0.1) is 17.0 Å². The summed E-state index contributed by atoms with van der Waals surface area (Å²) in [5.41, 5.74) is 2.20. The minimum Gasteiger partial charge on any atom is -0.330 e. The molecule has 0 saturated carbocycles. The molecule has 0 spiro atoms. The Morgan fingerprint density at radius 3 is 2.64 bits per heavy atom. The highest BCUT2D eigenvalue weighted by molar-refractivity contribution is 5.96. The summed E-state index contributed by atoms with van der Waals surface area (Å²) in [5.74, 6) is 0.655. The van der Waals surface area contributed by atoms with Gasteiger partial charge in [0.1, 0.15) is 5.66 Å². The summed E-state index contributed by atoms with van der Waals surface area (Å²) in [6, 6.07) is 4.98. The first-order chi connectivity index (χ1) is 11.9. The molecule has 0 aromatic heterocycles. The Morgan fingerprint density at radius 2 is 2.08 bits per heavy atom. The van der Waals surface area contributed by atoms with Crippen molar-refractivity contribution in [1.29, 1.82) is 0 Å². The number of rotatable bonds is 7. The monoisotopic (exact) mass is 345 g/mol. The van der Waals surface area contributed by atoms with Crippen molar-refractivity contribution in [3.8, 4) is 0 Å². The van der Waals surface area contributed by atoms with Crippen molar-refractivity contribution in [3.63, 3.8) is 0 Å². The van der Waals surface area contributed by atoms with Gasteiger partial charge in [0.25, 0.3) is 5.69 Å². The molecule has 1 unspecified atom stereocenters. The molecule has 2 rings (SSSR count). The molecule has 1 aromatic rings. The highest BCUT2D eigenvalue weighted by Crippen LogP contribution is 2.24. The quantitative estimate of drug-likeness (QED) is 0.518. The zero-order chi connectivity index (χ0) is 18.4. The van der Waals surface area contributed by atoms with Gasteiger partial charge in [0.2, 0.25) is 5.96 Å². The third-order valence-corrected chi connectivity index (χ3v) is 4.20. The number of allylic oxidation sites excluding steroid dienone is 1. The van der Waals surface area contributed by atoms with E-state index in [1.807, 2.05) is 0 Å². The lowest BCUT2D eigenvalue weighted by molar-refractivity contribution is -0.385. The molecule has 1 atom stereocenters. The predicted octanol–water partition coefficient (Wildman–Crippen LogP) is 3.67. The molecule has 3 N–H and O–H groups in total. The minimum atomic E-state index is -0.428. The molecule has 0 fully saturated rings. The number of benzene rings is 1. The number of nitrogens with one attached hydrogen (secondary N) is 3. The topological polar surface area (TPSA) is 91.6 Å². The number of likely N-dealkylation sites (N-methyl/N-ethyl adjacent to an activating group) is 1. The van der Waals surface area contributed by atoms with Crippen molar-refractivity contribution in [3.05, 3.63) is 45.6 Å². The number of nitro groups is 1. The number of aryl methyl sites for hydroxylation is 1. The van der Waals surface area contributed by atoms with Crippen LogP contribution in [0.15, 0.2) is 35.0 Å². The normalized spacial score (nSPS) is 19.7. The first kappa shape index (κ1) is 18.9. The van der Waals surface area contributed by atoms with Crippen LogP contribution >= 0.6 is 0 Å². The number of guanidine groups is 1. The Morgan fingerprint density at radius 1 is 1.32 bits per heavy atom. The first-order valence-corrected chi connectivity index (χ1v) is 8.78. The molecule has 0 radical (unpaired) electrons. The zero-order valence-corrected chi connectivity index (χ0v) is 15.3. The summed E-state index contributed by atoms with van der Waals surface area (Å²) in [6.07, 6.45) is 4.97. The fourth-order valence-corrected chi connectivity index (χ4v) is 2.98. The number of anilines is 1. The largest absolute Gasteiger partial charge is 0.330 e. The number of hydrogen-bond acceptors (Lipinski definition) is 6. The van der Waals surface area contributed by atoms with E-state index in [2.05, 4.69) is 42.8 Å².